The fourth-order valence-electron chi connectivity index (χ4n) is 2.13. The molecule has 0 fully saturated rings. The maximum absolute atomic E-state index is 13.2. The number of nitrogens with one attached hydrogen (secondary N) is 1. The van der Waals surface area contributed by atoms with Gasteiger partial charge < -0.3 is 5.32 Å². The molecule has 1 aromatic carbocycles. The number of anilines is 1. The first kappa shape index (κ1) is 18.5. The summed E-state index contributed by atoms with van der Waals surface area (Å²) in [6.45, 7) is 1.77. The molecule has 2 heterocycles. The van der Waals surface area contributed by atoms with E-state index >= 15 is 0 Å². The van der Waals surface area contributed by atoms with Crippen LogP contribution in [0.3, 0.4) is 0 Å². The van der Waals surface area contributed by atoms with E-state index in [0.29, 0.717) is 4.88 Å². The fourth-order valence-corrected chi connectivity index (χ4v) is 4.01. The number of allylic oxidation sites excluding steroid dienone is 1. The molecule has 0 saturated carbocycles. The molecule has 0 saturated heterocycles. The number of benzene rings is 1. The van der Waals surface area contributed by atoms with Crippen LogP contribution in [0.4, 0.5) is 10.1 Å². The molecule has 0 spiro atoms. The van der Waals surface area contributed by atoms with E-state index < -0.39 is 21.9 Å². The van der Waals surface area contributed by atoms with Crippen LogP contribution in [0, 0.1) is 12.7 Å². The second-order valence-electron chi connectivity index (χ2n) is 5.28. The third kappa shape index (κ3) is 3.62. The zero-order valence-corrected chi connectivity index (χ0v) is 15.9. The van der Waals surface area contributed by atoms with Gasteiger partial charge in [-0.3, -0.25) is 4.79 Å². The monoisotopic (exact) mass is 414 g/mol. The maximum atomic E-state index is 13.2. The van der Waals surface area contributed by atoms with Crippen molar-refractivity contribution >= 4 is 50.5 Å². The van der Waals surface area contributed by atoms with E-state index in [9.17, 15) is 17.6 Å². The Labute approximate surface area is 158 Å². The van der Waals surface area contributed by atoms with Gasteiger partial charge in [0.1, 0.15) is 11.5 Å². The van der Waals surface area contributed by atoms with Crippen molar-refractivity contribution in [3.8, 4) is 0 Å². The van der Waals surface area contributed by atoms with Gasteiger partial charge >= 0.3 is 10.2 Å². The molecule has 26 heavy (non-hydrogen) atoms. The van der Waals surface area contributed by atoms with Crippen molar-refractivity contribution in [2.24, 2.45) is 4.40 Å². The lowest BCUT2D eigenvalue weighted by Crippen LogP contribution is -2.35. The van der Waals surface area contributed by atoms with Gasteiger partial charge in [-0.15, -0.1) is 15.7 Å². The van der Waals surface area contributed by atoms with E-state index in [4.69, 9.17) is 11.6 Å². The third-order valence-electron chi connectivity index (χ3n) is 3.46. The summed E-state index contributed by atoms with van der Waals surface area (Å²) in [7, 11) is -2.85. The Balaban J connectivity index is 1.95. The number of thiazole rings is 1. The van der Waals surface area contributed by atoms with Gasteiger partial charge in [-0.25, -0.2) is 13.7 Å². The topological polar surface area (TPSA) is 91.7 Å². The van der Waals surface area contributed by atoms with E-state index in [1.165, 1.54) is 42.8 Å². The molecule has 11 heteroatoms. The number of carbonyl (C=O) groups excluding carboxylic acids is 1. The molecule has 136 valence electrons. The average molecular weight is 415 g/mol. The summed E-state index contributed by atoms with van der Waals surface area (Å²) in [5.41, 5.74) is 0.211. The van der Waals surface area contributed by atoms with Gasteiger partial charge in [0.15, 0.2) is 0 Å². The third-order valence-corrected chi connectivity index (χ3v) is 6.00. The molecule has 0 bridgehead atoms. The Kier molecular flexibility index (Phi) is 4.82. The van der Waals surface area contributed by atoms with E-state index in [-0.39, 0.29) is 22.1 Å². The summed E-state index contributed by atoms with van der Waals surface area (Å²) >= 11 is 6.95. The zero-order valence-electron chi connectivity index (χ0n) is 13.5. The molecule has 7 nitrogen and oxygen atoms in total. The summed E-state index contributed by atoms with van der Waals surface area (Å²) in [5.74, 6) is -1.33. The van der Waals surface area contributed by atoms with Crippen LogP contribution < -0.4 is 5.32 Å². The zero-order chi connectivity index (χ0) is 19.1. The van der Waals surface area contributed by atoms with Gasteiger partial charge in [-0.05, 0) is 31.2 Å². The van der Waals surface area contributed by atoms with Crippen molar-refractivity contribution < 1.29 is 17.6 Å². The molecular weight excluding hydrogens is 403 g/mol. The maximum Gasteiger partial charge on any atom is 0.345 e. The van der Waals surface area contributed by atoms with Gasteiger partial charge in [0.2, 0.25) is 0 Å². The van der Waals surface area contributed by atoms with Crippen molar-refractivity contribution in [1.29, 1.82) is 0 Å². The number of aromatic nitrogens is 1. The van der Waals surface area contributed by atoms with E-state index in [1.807, 2.05) is 0 Å². The SMILES string of the molecule is Cc1ncc(C2=NS(=O)(=O)N(C)C(C(=O)Nc3ccc(F)c(Cl)c3)=C2)s1. The van der Waals surface area contributed by atoms with E-state index in [0.717, 1.165) is 15.4 Å². The molecule has 0 atom stereocenters. The number of aryl methyl sites for hydroxylation is 1. The molecule has 0 unspecified atom stereocenters. The van der Waals surface area contributed by atoms with Gasteiger partial charge in [-0.1, -0.05) is 11.6 Å². The average Bonchev–Trinajstić information content (AvgIpc) is 2.99. The van der Waals surface area contributed by atoms with Gasteiger partial charge in [0.05, 0.1) is 20.6 Å². The highest BCUT2D eigenvalue weighted by Crippen LogP contribution is 2.24. The predicted octanol–water partition coefficient (Wildman–Crippen LogP) is 2.75. The smallest absolute Gasteiger partial charge is 0.321 e. The summed E-state index contributed by atoms with van der Waals surface area (Å²) in [5, 5.41) is 3.07. The predicted molar refractivity (Wildman–Crippen MR) is 98.2 cm³/mol. The fraction of sp³-hybridized carbons (Fsp3) is 0.133. The van der Waals surface area contributed by atoms with E-state index in [1.54, 1.807) is 6.92 Å². The van der Waals surface area contributed by atoms with Crippen LogP contribution in [0.25, 0.3) is 0 Å². The first-order valence-electron chi connectivity index (χ1n) is 7.17. The molecule has 0 radical (unpaired) electrons. The van der Waals surface area contributed by atoms with Crippen LogP contribution in [0.2, 0.25) is 5.02 Å². The quantitative estimate of drug-likeness (QED) is 0.835. The molecule has 1 aliphatic rings. The van der Waals surface area contributed by atoms with Crippen molar-refractivity contribution in [1.82, 2.24) is 9.29 Å². The Hall–Kier alpha value is -2.30. The van der Waals surface area contributed by atoms with Gasteiger partial charge in [-0.2, -0.15) is 8.42 Å². The summed E-state index contributed by atoms with van der Waals surface area (Å²) in [6, 6.07) is 3.65. The lowest BCUT2D eigenvalue weighted by Gasteiger charge is -2.23. The van der Waals surface area contributed by atoms with Crippen LogP contribution in [-0.2, 0) is 15.0 Å². The number of carbonyl (C=O) groups is 1. The summed E-state index contributed by atoms with van der Waals surface area (Å²) in [4.78, 5) is 17.1. The minimum Gasteiger partial charge on any atom is -0.321 e. The number of halogens is 2. The van der Waals surface area contributed by atoms with Crippen LogP contribution in [-0.4, -0.2) is 36.4 Å². The summed E-state index contributed by atoms with van der Waals surface area (Å²) < 4.78 is 42.2. The molecular formula is C15H12ClFN4O3S2. The lowest BCUT2D eigenvalue weighted by molar-refractivity contribution is -0.113. The largest absolute Gasteiger partial charge is 0.345 e. The highest BCUT2D eigenvalue weighted by atomic mass is 35.5. The molecule has 1 N–H and O–H groups in total. The lowest BCUT2D eigenvalue weighted by atomic mass is 10.2. The number of nitrogens with zero attached hydrogens (tertiary/aromatic N) is 3. The number of hydrogen-bond acceptors (Lipinski definition) is 5. The molecule has 1 amide bonds. The van der Waals surface area contributed by atoms with Crippen LogP contribution in [0.15, 0.2) is 40.6 Å². The normalized spacial score (nSPS) is 16.1. The Morgan fingerprint density at radius 1 is 1.38 bits per heavy atom. The minimum atomic E-state index is -4.07. The van der Waals surface area contributed by atoms with Crippen LogP contribution in [0.5, 0.6) is 0 Å². The van der Waals surface area contributed by atoms with Gasteiger partial charge in [0, 0.05) is 18.9 Å². The van der Waals surface area contributed by atoms with E-state index in [2.05, 4.69) is 14.7 Å². The van der Waals surface area contributed by atoms with Crippen molar-refractivity contribution in [2.45, 2.75) is 6.92 Å². The minimum absolute atomic E-state index is 0.121. The first-order chi connectivity index (χ1) is 12.2. The summed E-state index contributed by atoms with van der Waals surface area (Å²) in [6.07, 6.45) is 2.85. The van der Waals surface area contributed by atoms with Crippen LogP contribution in [0.1, 0.15) is 9.88 Å². The van der Waals surface area contributed by atoms with Gasteiger partial charge in [0.25, 0.3) is 5.91 Å². The van der Waals surface area contributed by atoms with Crippen molar-refractivity contribution in [3.63, 3.8) is 0 Å². The Bertz CT molecular complexity index is 1060. The highest BCUT2D eigenvalue weighted by Gasteiger charge is 2.30. The number of amides is 1. The molecule has 0 aliphatic carbocycles. The second kappa shape index (κ2) is 6.78. The molecule has 3 rings (SSSR count). The molecule has 1 aromatic heterocycles. The van der Waals surface area contributed by atoms with Crippen LogP contribution >= 0.6 is 22.9 Å². The first-order valence-corrected chi connectivity index (χ1v) is 9.76. The highest BCUT2D eigenvalue weighted by molar-refractivity contribution is 7.88. The second-order valence-corrected chi connectivity index (χ2v) is 8.55. The Morgan fingerprint density at radius 2 is 2.12 bits per heavy atom. The number of hydrogen-bond donors (Lipinski definition) is 1. The molecule has 2 aromatic rings. The Morgan fingerprint density at radius 3 is 2.73 bits per heavy atom. The van der Waals surface area contributed by atoms with Crippen molar-refractivity contribution in [2.75, 3.05) is 12.4 Å². The molecule has 1 aliphatic heterocycles. The number of likely N-dealkylation sites (N-methyl/N-ethyl adjacent to an activating group) is 1. The van der Waals surface area contributed by atoms with Crippen molar-refractivity contribution in [3.05, 3.63) is 56.9 Å². The number of rotatable bonds is 3. The standard InChI is InChI=1S/C15H12ClFN4O3S2/c1-8-18-7-14(25-8)12-6-13(21(2)26(23,24)20-12)15(22)19-9-3-4-11(17)10(16)5-9/h3-7H,1-2H3,(H,19,22).